The molecular weight excluding hydrogens is 725 g/mol. The van der Waals surface area contributed by atoms with Gasteiger partial charge in [-0.25, -0.2) is 4.57 Å². The Morgan fingerprint density at radius 1 is 0.554 bits per heavy atom. The largest absolute Gasteiger partial charge is 0.472 e. The summed E-state index contributed by atoms with van der Waals surface area (Å²) in [5.74, 6) is -0.854. The number of phosphoric acid groups is 1. The summed E-state index contributed by atoms with van der Waals surface area (Å²) in [4.78, 5) is 35.3. The van der Waals surface area contributed by atoms with Crippen LogP contribution in [0.1, 0.15) is 194 Å². The fourth-order valence-corrected chi connectivity index (χ4v) is 6.83. The molecule has 56 heavy (non-hydrogen) atoms. The Morgan fingerprint density at radius 2 is 0.982 bits per heavy atom. The lowest BCUT2D eigenvalue weighted by atomic mass is 10.0. The van der Waals surface area contributed by atoms with Crippen LogP contribution in [0, 0.1) is 0 Å². The van der Waals surface area contributed by atoms with E-state index >= 15 is 0 Å². The van der Waals surface area contributed by atoms with Crippen LogP contribution in [-0.2, 0) is 32.7 Å². The third kappa shape index (κ3) is 41.9. The Labute approximate surface area is 344 Å². The number of likely N-dealkylation sites (N-methyl/N-ethyl adjacent to an activating group) is 1. The van der Waals surface area contributed by atoms with Crippen molar-refractivity contribution >= 4 is 19.8 Å². The Balaban J connectivity index is 4.42. The second-order valence-electron chi connectivity index (χ2n) is 16.4. The number of carbonyl (C=O) groups is 2. The van der Waals surface area contributed by atoms with E-state index in [0.717, 1.165) is 44.9 Å². The van der Waals surface area contributed by atoms with Crippen molar-refractivity contribution in [1.29, 1.82) is 0 Å². The van der Waals surface area contributed by atoms with E-state index in [2.05, 4.69) is 50.3 Å². The number of hydrogen-bond donors (Lipinski definition) is 1. The van der Waals surface area contributed by atoms with Crippen LogP contribution < -0.4 is 0 Å². The van der Waals surface area contributed by atoms with Gasteiger partial charge in [0.15, 0.2) is 6.10 Å². The van der Waals surface area contributed by atoms with Gasteiger partial charge in [0.25, 0.3) is 0 Å². The summed E-state index contributed by atoms with van der Waals surface area (Å²) in [6.07, 6.45) is 43.4. The third-order valence-corrected chi connectivity index (χ3v) is 10.7. The lowest BCUT2D eigenvalue weighted by Crippen LogP contribution is -2.37. The molecular formula is C46H87NO8P+. The maximum absolute atomic E-state index is 12.7. The number of hydrogen-bond acceptors (Lipinski definition) is 7. The first-order chi connectivity index (χ1) is 27.0. The number of phosphoric ester groups is 1. The molecule has 0 aliphatic carbocycles. The molecule has 9 nitrogen and oxygen atoms in total. The second-order valence-corrected chi connectivity index (χ2v) is 17.9. The van der Waals surface area contributed by atoms with Gasteiger partial charge in [0.2, 0.25) is 0 Å². The van der Waals surface area contributed by atoms with E-state index in [-0.39, 0.29) is 32.0 Å². The van der Waals surface area contributed by atoms with Crippen LogP contribution in [0.5, 0.6) is 0 Å². The number of allylic oxidation sites excluding steroid dienone is 6. The number of rotatable bonds is 41. The first-order valence-corrected chi connectivity index (χ1v) is 24.2. The van der Waals surface area contributed by atoms with Crippen LogP contribution in [0.15, 0.2) is 36.5 Å². The van der Waals surface area contributed by atoms with Gasteiger partial charge in [-0.2, -0.15) is 0 Å². The molecule has 1 unspecified atom stereocenters. The molecule has 2 atom stereocenters. The van der Waals surface area contributed by atoms with Gasteiger partial charge in [-0.3, -0.25) is 18.6 Å². The van der Waals surface area contributed by atoms with Gasteiger partial charge < -0.3 is 18.9 Å². The van der Waals surface area contributed by atoms with Gasteiger partial charge in [0.1, 0.15) is 19.8 Å². The van der Waals surface area contributed by atoms with Crippen molar-refractivity contribution in [2.45, 2.75) is 200 Å². The Kier molecular flexibility index (Phi) is 37.5. The molecule has 10 heteroatoms. The van der Waals surface area contributed by atoms with Gasteiger partial charge in [-0.1, -0.05) is 172 Å². The molecule has 0 fully saturated rings. The SMILES string of the molecule is CCCCCCCC/C=C\C/C=C\C/C=C\CCCC(=O)O[C@H](COC(=O)CCCCCCCCCCCCCCCCC)COP(=O)(O)OCC[N+](C)(C)C. The average molecular weight is 813 g/mol. The van der Waals surface area contributed by atoms with Crippen molar-refractivity contribution < 1.29 is 42.1 Å². The van der Waals surface area contributed by atoms with Crippen LogP contribution >= 0.6 is 7.82 Å². The molecule has 0 aliphatic heterocycles. The Morgan fingerprint density at radius 3 is 1.48 bits per heavy atom. The fourth-order valence-electron chi connectivity index (χ4n) is 6.09. The minimum Gasteiger partial charge on any atom is -0.462 e. The number of nitrogens with zero attached hydrogens (tertiary/aromatic N) is 1. The van der Waals surface area contributed by atoms with Gasteiger partial charge in [-0.15, -0.1) is 0 Å². The number of esters is 2. The highest BCUT2D eigenvalue weighted by atomic mass is 31.2. The number of carbonyl (C=O) groups excluding carboxylic acids is 2. The summed E-state index contributed by atoms with van der Waals surface area (Å²) in [7, 11) is 1.45. The first-order valence-electron chi connectivity index (χ1n) is 22.7. The summed E-state index contributed by atoms with van der Waals surface area (Å²) in [6.45, 7) is 4.37. The summed E-state index contributed by atoms with van der Waals surface area (Å²) < 4.78 is 34.3. The number of ether oxygens (including phenoxy) is 2. The molecule has 0 saturated heterocycles. The summed E-state index contributed by atoms with van der Waals surface area (Å²) in [6, 6.07) is 0. The first kappa shape index (κ1) is 54.2. The van der Waals surface area contributed by atoms with E-state index in [9.17, 15) is 19.0 Å². The second kappa shape index (κ2) is 38.7. The van der Waals surface area contributed by atoms with Crippen LogP contribution in [0.25, 0.3) is 0 Å². The molecule has 0 aromatic rings. The lowest BCUT2D eigenvalue weighted by molar-refractivity contribution is -0.870. The molecule has 0 rings (SSSR count). The maximum atomic E-state index is 12.7. The standard InChI is InChI=1S/C46H86NO8P/c1-6-8-10-12-14-16-18-20-22-23-25-27-29-31-33-35-37-39-46(49)55-44(43-54-56(50,51)53-41-40-47(3,4)5)42-52-45(48)38-36-34-32-30-28-26-24-21-19-17-15-13-11-9-7-2/h20,22,25,27,31,33,44H,6-19,21,23-24,26,28-30,32,34-43H2,1-5H3/p+1/b22-20-,27-25-,33-31-/t44-/m1/s1. The molecule has 0 aliphatic rings. The predicted octanol–water partition coefficient (Wildman–Crippen LogP) is 12.9. The number of unbranched alkanes of at least 4 members (excludes halogenated alkanes) is 21. The molecule has 0 saturated carbocycles. The van der Waals surface area contributed by atoms with Crippen LogP contribution in [0.4, 0.5) is 0 Å². The summed E-state index contributed by atoms with van der Waals surface area (Å²) in [5.41, 5.74) is 0. The molecule has 0 bridgehead atoms. The highest BCUT2D eigenvalue weighted by Crippen LogP contribution is 2.43. The average Bonchev–Trinajstić information content (AvgIpc) is 3.15. The van der Waals surface area contributed by atoms with E-state index in [1.807, 2.05) is 21.1 Å². The third-order valence-electron chi connectivity index (χ3n) is 9.67. The monoisotopic (exact) mass is 813 g/mol. The Hall–Kier alpha value is -1.77. The summed E-state index contributed by atoms with van der Waals surface area (Å²) in [5, 5.41) is 0. The van der Waals surface area contributed by atoms with Crippen molar-refractivity contribution in [2.24, 2.45) is 0 Å². The molecule has 0 spiro atoms. The molecule has 1 N–H and O–H groups in total. The topological polar surface area (TPSA) is 108 Å². The van der Waals surface area contributed by atoms with Crippen molar-refractivity contribution in [3.8, 4) is 0 Å². The zero-order valence-corrected chi connectivity index (χ0v) is 37.8. The molecule has 0 amide bonds. The quantitative estimate of drug-likeness (QED) is 0.0214. The molecule has 0 radical (unpaired) electrons. The normalized spacial score (nSPS) is 13.9. The van der Waals surface area contributed by atoms with E-state index < -0.39 is 26.5 Å². The molecule has 328 valence electrons. The van der Waals surface area contributed by atoms with Gasteiger partial charge in [0, 0.05) is 12.8 Å². The number of quaternary nitrogens is 1. The van der Waals surface area contributed by atoms with Crippen molar-refractivity contribution in [3.05, 3.63) is 36.5 Å². The fraction of sp³-hybridized carbons (Fsp3) is 0.826. The minimum atomic E-state index is -4.39. The zero-order chi connectivity index (χ0) is 41.4. The van der Waals surface area contributed by atoms with Gasteiger partial charge in [-0.05, 0) is 44.9 Å². The van der Waals surface area contributed by atoms with Crippen LogP contribution in [0.2, 0.25) is 0 Å². The smallest absolute Gasteiger partial charge is 0.462 e. The van der Waals surface area contributed by atoms with Gasteiger partial charge in [0.05, 0.1) is 27.7 Å². The maximum Gasteiger partial charge on any atom is 0.472 e. The van der Waals surface area contributed by atoms with Gasteiger partial charge >= 0.3 is 19.8 Å². The Bertz CT molecular complexity index is 1050. The zero-order valence-electron chi connectivity index (χ0n) is 36.9. The van der Waals surface area contributed by atoms with E-state index in [0.29, 0.717) is 17.4 Å². The lowest BCUT2D eigenvalue weighted by Gasteiger charge is -2.24. The van der Waals surface area contributed by atoms with E-state index in [4.69, 9.17) is 18.5 Å². The molecule has 0 aromatic heterocycles. The van der Waals surface area contributed by atoms with E-state index in [1.54, 1.807) is 0 Å². The molecule has 0 heterocycles. The molecule has 0 aromatic carbocycles. The van der Waals surface area contributed by atoms with Crippen LogP contribution in [0.3, 0.4) is 0 Å². The van der Waals surface area contributed by atoms with Crippen LogP contribution in [-0.4, -0.2) is 74.9 Å². The van der Waals surface area contributed by atoms with Crippen molar-refractivity contribution in [3.63, 3.8) is 0 Å². The van der Waals surface area contributed by atoms with E-state index in [1.165, 1.54) is 116 Å². The predicted molar refractivity (Wildman–Crippen MR) is 234 cm³/mol. The minimum absolute atomic E-state index is 0.0235. The highest BCUT2D eigenvalue weighted by Gasteiger charge is 2.27. The van der Waals surface area contributed by atoms with Crippen molar-refractivity contribution in [2.75, 3.05) is 47.5 Å². The highest BCUT2D eigenvalue weighted by molar-refractivity contribution is 7.47. The van der Waals surface area contributed by atoms with Crippen molar-refractivity contribution in [1.82, 2.24) is 0 Å². The summed E-state index contributed by atoms with van der Waals surface area (Å²) >= 11 is 0.